The Labute approximate surface area is 97.4 Å². The van der Waals surface area contributed by atoms with Crippen molar-refractivity contribution in [2.24, 2.45) is 5.92 Å². The summed E-state index contributed by atoms with van der Waals surface area (Å²) in [5.41, 5.74) is 0.752. The SMILES string of the molecule is O=C(CC1CCC1)Nc1cccnc1Br. The highest BCUT2D eigenvalue weighted by Gasteiger charge is 2.20. The number of carbonyl (C=O) groups excluding carboxylic acids is 1. The first-order valence-corrected chi connectivity index (χ1v) is 5.95. The standard InChI is InChI=1S/C11H13BrN2O/c12-11-9(5-2-6-13-11)14-10(15)7-8-3-1-4-8/h2,5-6,8H,1,3-4,7H2,(H,14,15). The zero-order chi connectivity index (χ0) is 10.7. The third kappa shape index (κ3) is 2.78. The van der Waals surface area contributed by atoms with Gasteiger partial charge in [-0.3, -0.25) is 4.79 Å². The van der Waals surface area contributed by atoms with Crippen molar-refractivity contribution in [3.05, 3.63) is 22.9 Å². The molecule has 0 bridgehead atoms. The number of rotatable bonds is 3. The summed E-state index contributed by atoms with van der Waals surface area (Å²) in [5.74, 6) is 0.689. The minimum absolute atomic E-state index is 0.0911. The Balaban J connectivity index is 1.90. The molecule has 2 rings (SSSR count). The fraction of sp³-hybridized carbons (Fsp3) is 0.455. The van der Waals surface area contributed by atoms with E-state index in [0.717, 1.165) is 5.69 Å². The van der Waals surface area contributed by atoms with Crippen LogP contribution in [0.2, 0.25) is 0 Å². The Morgan fingerprint density at radius 3 is 3.00 bits per heavy atom. The zero-order valence-corrected chi connectivity index (χ0v) is 9.96. The highest BCUT2D eigenvalue weighted by atomic mass is 79.9. The number of nitrogens with zero attached hydrogens (tertiary/aromatic N) is 1. The average molecular weight is 269 g/mol. The van der Waals surface area contributed by atoms with Crippen molar-refractivity contribution in [2.75, 3.05) is 5.32 Å². The van der Waals surface area contributed by atoms with E-state index in [1.54, 1.807) is 6.20 Å². The molecule has 1 fully saturated rings. The topological polar surface area (TPSA) is 42.0 Å². The van der Waals surface area contributed by atoms with Gasteiger partial charge in [-0.1, -0.05) is 6.42 Å². The molecule has 4 heteroatoms. The van der Waals surface area contributed by atoms with Gasteiger partial charge in [0.05, 0.1) is 5.69 Å². The fourth-order valence-corrected chi connectivity index (χ4v) is 1.99. The number of amides is 1. The summed E-state index contributed by atoms with van der Waals surface area (Å²) in [6.07, 6.45) is 5.99. The minimum Gasteiger partial charge on any atom is -0.324 e. The lowest BCUT2D eigenvalue weighted by Gasteiger charge is -2.24. The number of nitrogens with one attached hydrogen (secondary N) is 1. The maximum Gasteiger partial charge on any atom is 0.224 e. The van der Waals surface area contributed by atoms with Crippen LogP contribution in [0.3, 0.4) is 0 Å². The lowest BCUT2D eigenvalue weighted by molar-refractivity contribution is -0.117. The van der Waals surface area contributed by atoms with Crippen LogP contribution in [0.4, 0.5) is 5.69 Å². The molecule has 3 nitrogen and oxygen atoms in total. The van der Waals surface area contributed by atoms with Crippen molar-refractivity contribution in [3.63, 3.8) is 0 Å². The third-order valence-electron chi connectivity index (χ3n) is 2.73. The van der Waals surface area contributed by atoms with Gasteiger partial charge in [0, 0.05) is 12.6 Å². The molecule has 0 radical (unpaired) electrons. The summed E-state index contributed by atoms with van der Waals surface area (Å²) >= 11 is 3.30. The van der Waals surface area contributed by atoms with Gasteiger partial charge in [0.15, 0.2) is 0 Å². The summed E-state index contributed by atoms with van der Waals surface area (Å²) in [5, 5.41) is 2.86. The Hall–Kier alpha value is -0.900. The Bertz CT molecular complexity index is 363. The van der Waals surface area contributed by atoms with Gasteiger partial charge in [-0.05, 0) is 46.8 Å². The molecule has 1 N–H and O–H groups in total. The van der Waals surface area contributed by atoms with E-state index in [0.29, 0.717) is 16.9 Å². The normalized spacial score (nSPS) is 15.8. The maximum absolute atomic E-state index is 11.6. The van der Waals surface area contributed by atoms with Crippen LogP contribution in [0, 0.1) is 5.92 Å². The molecule has 1 amide bonds. The molecule has 0 unspecified atom stereocenters. The third-order valence-corrected chi connectivity index (χ3v) is 3.36. The predicted molar refractivity (Wildman–Crippen MR) is 62.5 cm³/mol. The monoisotopic (exact) mass is 268 g/mol. The van der Waals surface area contributed by atoms with Gasteiger partial charge in [0.25, 0.3) is 0 Å². The van der Waals surface area contributed by atoms with Crippen LogP contribution in [-0.2, 0) is 4.79 Å². The second kappa shape index (κ2) is 4.75. The number of carbonyl (C=O) groups is 1. The molecule has 1 heterocycles. The smallest absolute Gasteiger partial charge is 0.224 e. The number of hydrogen-bond donors (Lipinski definition) is 1. The molecular weight excluding hydrogens is 256 g/mol. The van der Waals surface area contributed by atoms with Crippen LogP contribution in [0.1, 0.15) is 25.7 Å². The van der Waals surface area contributed by atoms with Gasteiger partial charge < -0.3 is 5.32 Å². The van der Waals surface area contributed by atoms with E-state index >= 15 is 0 Å². The van der Waals surface area contributed by atoms with Crippen molar-refractivity contribution in [3.8, 4) is 0 Å². The van der Waals surface area contributed by atoms with E-state index in [2.05, 4.69) is 26.2 Å². The average Bonchev–Trinajstić information content (AvgIpc) is 2.16. The van der Waals surface area contributed by atoms with E-state index in [-0.39, 0.29) is 5.91 Å². The molecule has 15 heavy (non-hydrogen) atoms. The van der Waals surface area contributed by atoms with Crippen LogP contribution >= 0.6 is 15.9 Å². The molecule has 0 saturated heterocycles. The molecule has 1 aliphatic carbocycles. The molecular formula is C11H13BrN2O. The number of pyridine rings is 1. The van der Waals surface area contributed by atoms with Gasteiger partial charge >= 0.3 is 0 Å². The molecule has 1 aromatic rings. The maximum atomic E-state index is 11.6. The van der Waals surface area contributed by atoms with E-state index in [9.17, 15) is 4.79 Å². The van der Waals surface area contributed by atoms with Gasteiger partial charge in [-0.15, -0.1) is 0 Å². The van der Waals surface area contributed by atoms with Gasteiger partial charge in [0.1, 0.15) is 4.60 Å². The van der Waals surface area contributed by atoms with E-state index < -0.39 is 0 Å². The number of halogens is 1. The van der Waals surface area contributed by atoms with Gasteiger partial charge in [-0.2, -0.15) is 0 Å². The summed E-state index contributed by atoms with van der Waals surface area (Å²) in [6.45, 7) is 0. The lowest BCUT2D eigenvalue weighted by atomic mass is 9.83. The Morgan fingerprint density at radius 2 is 2.40 bits per heavy atom. The summed E-state index contributed by atoms with van der Waals surface area (Å²) in [6, 6.07) is 3.65. The minimum atomic E-state index is 0.0911. The largest absolute Gasteiger partial charge is 0.324 e. The van der Waals surface area contributed by atoms with Crippen molar-refractivity contribution in [2.45, 2.75) is 25.7 Å². The molecule has 1 aromatic heterocycles. The molecule has 0 spiro atoms. The van der Waals surface area contributed by atoms with Gasteiger partial charge in [0.2, 0.25) is 5.91 Å². The first kappa shape index (κ1) is 10.6. The second-order valence-corrected chi connectivity index (χ2v) is 4.64. The Kier molecular flexibility index (Phi) is 3.36. The van der Waals surface area contributed by atoms with Crippen LogP contribution in [-0.4, -0.2) is 10.9 Å². The quantitative estimate of drug-likeness (QED) is 0.857. The van der Waals surface area contributed by atoms with Crippen LogP contribution in [0.25, 0.3) is 0 Å². The molecule has 0 aromatic carbocycles. The number of hydrogen-bond acceptors (Lipinski definition) is 2. The predicted octanol–water partition coefficient (Wildman–Crippen LogP) is 2.97. The molecule has 1 aliphatic rings. The highest BCUT2D eigenvalue weighted by Crippen LogP contribution is 2.29. The van der Waals surface area contributed by atoms with E-state index in [1.807, 2.05) is 12.1 Å². The van der Waals surface area contributed by atoms with E-state index in [1.165, 1.54) is 19.3 Å². The summed E-state index contributed by atoms with van der Waals surface area (Å²) in [4.78, 5) is 15.7. The van der Waals surface area contributed by atoms with Crippen molar-refractivity contribution >= 4 is 27.5 Å². The Morgan fingerprint density at radius 1 is 1.60 bits per heavy atom. The second-order valence-electron chi connectivity index (χ2n) is 3.89. The van der Waals surface area contributed by atoms with E-state index in [4.69, 9.17) is 0 Å². The first-order valence-electron chi connectivity index (χ1n) is 5.16. The zero-order valence-electron chi connectivity index (χ0n) is 8.37. The van der Waals surface area contributed by atoms with Crippen LogP contribution in [0.15, 0.2) is 22.9 Å². The van der Waals surface area contributed by atoms with Crippen LogP contribution in [0.5, 0.6) is 0 Å². The molecule has 0 atom stereocenters. The summed E-state index contributed by atoms with van der Waals surface area (Å²) in [7, 11) is 0. The van der Waals surface area contributed by atoms with Crippen LogP contribution < -0.4 is 5.32 Å². The van der Waals surface area contributed by atoms with Crippen molar-refractivity contribution in [1.29, 1.82) is 0 Å². The molecule has 0 aliphatic heterocycles. The number of anilines is 1. The lowest BCUT2D eigenvalue weighted by Crippen LogP contribution is -2.21. The van der Waals surface area contributed by atoms with Crippen molar-refractivity contribution < 1.29 is 4.79 Å². The summed E-state index contributed by atoms with van der Waals surface area (Å²) < 4.78 is 0.687. The van der Waals surface area contributed by atoms with Crippen molar-refractivity contribution in [1.82, 2.24) is 4.98 Å². The fourth-order valence-electron chi connectivity index (χ4n) is 1.64. The molecule has 1 saturated carbocycles. The van der Waals surface area contributed by atoms with Gasteiger partial charge in [-0.25, -0.2) is 4.98 Å². The first-order chi connectivity index (χ1) is 7.25. The number of aromatic nitrogens is 1. The molecule has 80 valence electrons. The highest BCUT2D eigenvalue weighted by molar-refractivity contribution is 9.10.